The number of ether oxygens (including phenoxy) is 4. The van der Waals surface area contributed by atoms with Crippen LogP contribution in [0.15, 0.2) is 84.9 Å². The second-order valence-corrected chi connectivity index (χ2v) is 12.2. The third kappa shape index (κ3) is 9.40. The fraction of sp³-hybridized carbons (Fsp3) is 0.222. The van der Waals surface area contributed by atoms with Crippen molar-refractivity contribution >= 4 is 45.9 Å². The third-order valence-corrected chi connectivity index (χ3v) is 9.24. The first-order chi connectivity index (χ1) is 20.6. The van der Waals surface area contributed by atoms with Gasteiger partial charge in [0.25, 0.3) is 0 Å². The highest BCUT2D eigenvalue weighted by Crippen LogP contribution is 2.28. The van der Waals surface area contributed by atoms with Crippen LogP contribution in [0, 0.1) is 0 Å². The van der Waals surface area contributed by atoms with E-state index in [1.807, 2.05) is 58.0 Å². The van der Waals surface area contributed by atoms with Crippen molar-refractivity contribution in [1.29, 1.82) is 0 Å². The van der Waals surface area contributed by atoms with Gasteiger partial charge >= 0.3 is 0 Å². The van der Waals surface area contributed by atoms with Gasteiger partial charge < -0.3 is 18.9 Å². The van der Waals surface area contributed by atoms with Crippen LogP contribution in [0.2, 0.25) is 0 Å². The first kappa shape index (κ1) is 31.2. The summed E-state index contributed by atoms with van der Waals surface area (Å²) >= 11 is 0. The molecule has 0 aliphatic rings. The third-order valence-electron chi connectivity index (χ3n) is 6.84. The van der Waals surface area contributed by atoms with Gasteiger partial charge in [-0.05, 0) is 94.8 Å². The molecule has 0 aliphatic heterocycles. The molecule has 0 heterocycles. The summed E-state index contributed by atoms with van der Waals surface area (Å²) in [5.74, 6) is 5.53. The Labute approximate surface area is 258 Å². The van der Waals surface area contributed by atoms with Crippen molar-refractivity contribution in [2.24, 2.45) is 0 Å². The Morgan fingerprint density at radius 1 is 0.452 bits per heavy atom. The Bertz CT molecular complexity index is 1350. The van der Waals surface area contributed by atoms with Gasteiger partial charge in [-0.1, -0.05) is 82.3 Å². The van der Waals surface area contributed by atoms with E-state index >= 15 is 0 Å². The number of benzene rings is 4. The lowest BCUT2D eigenvalue weighted by molar-refractivity contribution is 0.414. The SMILES string of the molecule is COc1ccc(/C=C\c2ccc(OC)cc2CCSSCCc2cc(OC)ccc2/C=C\c2ccc(OC)cc2)cc1. The van der Waals surface area contributed by atoms with Crippen LogP contribution in [-0.4, -0.2) is 39.9 Å². The van der Waals surface area contributed by atoms with Crippen LogP contribution in [0.1, 0.15) is 33.4 Å². The number of aryl methyl sites for hydroxylation is 2. The first-order valence-corrected chi connectivity index (χ1v) is 16.3. The van der Waals surface area contributed by atoms with Gasteiger partial charge in [0.15, 0.2) is 0 Å². The standard InChI is InChI=1S/C36H38O4S2/c1-37-33-15-7-27(8-16-33)5-11-29-13-19-35(39-3)25-31(29)21-23-41-42-24-22-32-26-36(40-4)20-14-30(32)12-6-28-9-17-34(38-2)18-10-28/h5-20,25-26H,21-24H2,1-4H3/b11-5-,12-6-. The molecule has 4 aromatic rings. The molecule has 0 atom stereocenters. The van der Waals surface area contributed by atoms with Gasteiger partial charge in [-0.15, -0.1) is 0 Å². The zero-order valence-corrected chi connectivity index (χ0v) is 26.3. The van der Waals surface area contributed by atoms with E-state index in [-0.39, 0.29) is 0 Å². The summed E-state index contributed by atoms with van der Waals surface area (Å²) in [4.78, 5) is 0. The largest absolute Gasteiger partial charge is 0.497 e. The lowest BCUT2D eigenvalue weighted by Gasteiger charge is -2.10. The summed E-state index contributed by atoms with van der Waals surface area (Å²) in [5, 5.41) is 0. The Morgan fingerprint density at radius 3 is 1.17 bits per heavy atom. The van der Waals surface area contributed by atoms with Crippen molar-refractivity contribution in [2.75, 3.05) is 39.9 Å². The topological polar surface area (TPSA) is 36.9 Å². The molecule has 0 unspecified atom stereocenters. The summed E-state index contributed by atoms with van der Waals surface area (Å²) < 4.78 is 21.6. The van der Waals surface area contributed by atoms with Gasteiger partial charge in [0.2, 0.25) is 0 Å². The molecule has 218 valence electrons. The highest BCUT2D eigenvalue weighted by atomic mass is 33.1. The fourth-order valence-corrected chi connectivity index (χ4v) is 6.45. The fourth-order valence-electron chi connectivity index (χ4n) is 4.40. The average Bonchev–Trinajstić information content (AvgIpc) is 3.05. The van der Waals surface area contributed by atoms with Crippen LogP contribution in [0.25, 0.3) is 24.3 Å². The van der Waals surface area contributed by atoms with Gasteiger partial charge in [0, 0.05) is 11.5 Å². The lowest BCUT2D eigenvalue weighted by atomic mass is 10.0. The summed E-state index contributed by atoms with van der Waals surface area (Å²) in [6, 6.07) is 28.8. The maximum Gasteiger partial charge on any atom is 0.119 e. The second-order valence-electron chi connectivity index (χ2n) is 9.49. The molecule has 0 saturated heterocycles. The molecule has 0 bridgehead atoms. The zero-order valence-electron chi connectivity index (χ0n) is 24.7. The Balaban J connectivity index is 1.32. The minimum Gasteiger partial charge on any atom is -0.497 e. The molecule has 4 aromatic carbocycles. The molecule has 4 rings (SSSR count). The van der Waals surface area contributed by atoms with E-state index in [0.717, 1.165) is 58.5 Å². The van der Waals surface area contributed by atoms with Gasteiger partial charge in [0.1, 0.15) is 23.0 Å². The van der Waals surface area contributed by atoms with Gasteiger partial charge in [-0.2, -0.15) is 0 Å². The molecule has 0 amide bonds. The van der Waals surface area contributed by atoms with Crippen molar-refractivity contribution in [3.63, 3.8) is 0 Å². The molecule has 6 heteroatoms. The van der Waals surface area contributed by atoms with E-state index in [0.29, 0.717) is 0 Å². The van der Waals surface area contributed by atoms with Gasteiger partial charge in [-0.3, -0.25) is 0 Å². The average molecular weight is 599 g/mol. The van der Waals surface area contributed by atoms with Crippen LogP contribution in [0.5, 0.6) is 23.0 Å². The predicted octanol–water partition coefficient (Wildman–Crippen LogP) is 9.23. The molecule has 0 spiro atoms. The molecule has 0 radical (unpaired) electrons. The molecule has 0 aliphatic carbocycles. The second kappa shape index (κ2) is 16.6. The quantitative estimate of drug-likeness (QED) is 0.0771. The van der Waals surface area contributed by atoms with Crippen LogP contribution < -0.4 is 18.9 Å². The normalized spacial score (nSPS) is 11.2. The van der Waals surface area contributed by atoms with E-state index in [1.165, 1.54) is 22.3 Å². The van der Waals surface area contributed by atoms with Crippen molar-refractivity contribution in [1.82, 2.24) is 0 Å². The molecular formula is C36H38O4S2. The summed E-state index contributed by atoms with van der Waals surface area (Å²) in [5.41, 5.74) is 7.26. The van der Waals surface area contributed by atoms with Crippen molar-refractivity contribution in [3.05, 3.63) is 118 Å². The highest BCUT2D eigenvalue weighted by molar-refractivity contribution is 8.76. The number of rotatable bonds is 15. The van der Waals surface area contributed by atoms with Crippen LogP contribution >= 0.6 is 21.6 Å². The molecule has 0 fully saturated rings. The van der Waals surface area contributed by atoms with E-state index < -0.39 is 0 Å². The Morgan fingerprint density at radius 2 is 0.810 bits per heavy atom. The lowest BCUT2D eigenvalue weighted by Crippen LogP contribution is -1.95. The highest BCUT2D eigenvalue weighted by Gasteiger charge is 2.06. The molecule has 42 heavy (non-hydrogen) atoms. The molecule has 0 saturated carbocycles. The van der Waals surface area contributed by atoms with Crippen LogP contribution in [0.4, 0.5) is 0 Å². The zero-order chi connectivity index (χ0) is 29.6. The van der Waals surface area contributed by atoms with E-state index in [1.54, 1.807) is 28.4 Å². The maximum atomic E-state index is 5.51. The summed E-state index contributed by atoms with van der Waals surface area (Å²) in [6.07, 6.45) is 10.6. The monoisotopic (exact) mass is 598 g/mol. The van der Waals surface area contributed by atoms with Crippen LogP contribution in [0.3, 0.4) is 0 Å². The molecule has 0 N–H and O–H groups in total. The van der Waals surface area contributed by atoms with Crippen LogP contribution in [-0.2, 0) is 12.8 Å². The van der Waals surface area contributed by atoms with E-state index in [4.69, 9.17) is 18.9 Å². The smallest absolute Gasteiger partial charge is 0.119 e. The van der Waals surface area contributed by atoms with Gasteiger partial charge in [-0.25, -0.2) is 0 Å². The molecule has 0 aromatic heterocycles. The minimum atomic E-state index is 0.861. The van der Waals surface area contributed by atoms with E-state index in [2.05, 4.69) is 72.8 Å². The van der Waals surface area contributed by atoms with E-state index in [9.17, 15) is 0 Å². The molecular weight excluding hydrogens is 561 g/mol. The molecule has 4 nitrogen and oxygen atoms in total. The van der Waals surface area contributed by atoms with Crippen molar-refractivity contribution < 1.29 is 18.9 Å². The predicted molar refractivity (Wildman–Crippen MR) is 182 cm³/mol. The summed E-state index contributed by atoms with van der Waals surface area (Å²) in [7, 11) is 10.6. The Hall–Kier alpha value is -3.74. The van der Waals surface area contributed by atoms with Crippen molar-refractivity contribution in [3.8, 4) is 23.0 Å². The number of hydrogen-bond acceptors (Lipinski definition) is 6. The minimum absolute atomic E-state index is 0.861. The number of hydrogen-bond donors (Lipinski definition) is 0. The maximum absolute atomic E-state index is 5.51. The summed E-state index contributed by atoms with van der Waals surface area (Å²) in [6.45, 7) is 0. The Kier molecular flexibility index (Phi) is 12.4. The van der Waals surface area contributed by atoms with Crippen molar-refractivity contribution in [2.45, 2.75) is 12.8 Å². The first-order valence-electron chi connectivity index (χ1n) is 13.8. The van der Waals surface area contributed by atoms with Gasteiger partial charge in [0.05, 0.1) is 28.4 Å². The number of methoxy groups -OCH3 is 4.